The van der Waals surface area contributed by atoms with Gasteiger partial charge in [0.25, 0.3) is 5.69 Å². The summed E-state index contributed by atoms with van der Waals surface area (Å²) < 4.78 is 17.7. The van der Waals surface area contributed by atoms with Crippen LogP contribution in [0.25, 0.3) is 0 Å². The molecule has 10 nitrogen and oxygen atoms in total. The summed E-state index contributed by atoms with van der Waals surface area (Å²) in [6, 6.07) is 5.80. The summed E-state index contributed by atoms with van der Waals surface area (Å²) in [7, 11) is -1.54. The molecular formula is C26H45N3O7Si2. The van der Waals surface area contributed by atoms with Gasteiger partial charge >= 0.3 is 12.2 Å². The van der Waals surface area contributed by atoms with Gasteiger partial charge in [0.05, 0.1) is 23.2 Å². The third-order valence-electron chi connectivity index (χ3n) is 6.55. The van der Waals surface area contributed by atoms with Gasteiger partial charge < -0.3 is 24.1 Å². The van der Waals surface area contributed by atoms with Crippen LogP contribution in [0.4, 0.5) is 15.3 Å². The van der Waals surface area contributed by atoms with E-state index in [1.807, 2.05) is 0 Å². The molecule has 2 amide bonds. The lowest BCUT2D eigenvalue weighted by Crippen LogP contribution is -2.53. The van der Waals surface area contributed by atoms with Crippen LogP contribution in [0.15, 0.2) is 24.3 Å². The Bertz CT molecular complexity index is 940. The molecule has 1 aromatic rings. The lowest BCUT2D eigenvalue weighted by molar-refractivity contribution is -0.384. The number of hydrogen-bond acceptors (Lipinski definition) is 7. The SMILES string of the molecule is CN(C(=O)OCC[Si](C)(C)C)C(CNC(=O)Oc1ccc([N+](=O)[O-])cc1)CC1(O[Si](C)(C)C)CCCCC1. The maximum absolute atomic E-state index is 13.0. The van der Waals surface area contributed by atoms with Crippen molar-refractivity contribution in [2.24, 2.45) is 0 Å². The summed E-state index contributed by atoms with van der Waals surface area (Å²) in [5.74, 6) is 0.189. The zero-order valence-electron chi connectivity index (χ0n) is 24.0. The molecule has 38 heavy (non-hydrogen) atoms. The molecule has 1 aromatic carbocycles. The number of non-ortho nitro benzene ring substituents is 1. The molecule has 1 fully saturated rings. The summed E-state index contributed by atoms with van der Waals surface area (Å²) in [5.41, 5.74) is -0.447. The average molecular weight is 568 g/mol. The van der Waals surface area contributed by atoms with Crippen molar-refractivity contribution < 1.29 is 28.4 Å². The minimum atomic E-state index is -1.89. The van der Waals surface area contributed by atoms with E-state index in [0.29, 0.717) is 13.0 Å². The fourth-order valence-corrected chi connectivity index (χ4v) is 6.95. The van der Waals surface area contributed by atoms with E-state index in [1.54, 1.807) is 11.9 Å². The number of ether oxygens (including phenoxy) is 2. The van der Waals surface area contributed by atoms with Crippen molar-refractivity contribution in [2.75, 3.05) is 20.2 Å². The number of nitro benzene ring substituents is 1. The summed E-state index contributed by atoms with van der Waals surface area (Å²) >= 11 is 0. The highest BCUT2D eigenvalue weighted by Gasteiger charge is 2.41. The van der Waals surface area contributed by atoms with E-state index >= 15 is 0 Å². The van der Waals surface area contributed by atoms with E-state index in [2.05, 4.69) is 44.6 Å². The van der Waals surface area contributed by atoms with E-state index in [1.165, 1.54) is 24.3 Å². The molecule has 0 aliphatic heterocycles. The van der Waals surface area contributed by atoms with E-state index in [4.69, 9.17) is 13.9 Å². The van der Waals surface area contributed by atoms with Crippen LogP contribution in [0.1, 0.15) is 38.5 Å². The summed E-state index contributed by atoms with van der Waals surface area (Å²) in [6.45, 7) is 13.7. The number of rotatable bonds is 12. The van der Waals surface area contributed by atoms with Crippen LogP contribution in [-0.2, 0) is 9.16 Å². The molecule has 1 aliphatic carbocycles. The Morgan fingerprint density at radius 2 is 1.68 bits per heavy atom. The zero-order valence-corrected chi connectivity index (χ0v) is 26.0. The van der Waals surface area contributed by atoms with Gasteiger partial charge in [-0.15, -0.1) is 0 Å². The maximum atomic E-state index is 13.0. The number of hydrogen-bond donors (Lipinski definition) is 1. The average Bonchev–Trinajstić information content (AvgIpc) is 2.80. The number of carbonyl (C=O) groups is 2. The third kappa shape index (κ3) is 11.1. The molecule has 1 atom stereocenters. The second-order valence-corrected chi connectivity index (χ2v) is 22.4. The van der Waals surface area contributed by atoms with Gasteiger partial charge in [-0.1, -0.05) is 38.9 Å². The number of likely N-dealkylation sites (N-methyl/N-ethyl adjacent to an activating group) is 1. The monoisotopic (exact) mass is 567 g/mol. The highest BCUT2D eigenvalue weighted by atomic mass is 28.4. The molecule has 0 spiro atoms. The Morgan fingerprint density at radius 1 is 1.08 bits per heavy atom. The van der Waals surface area contributed by atoms with E-state index in [-0.39, 0.29) is 29.6 Å². The Hall–Kier alpha value is -2.45. The van der Waals surface area contributed by atoms with Crippen LogP contribution in [0.2, 0.25) is 45.3 Å². The summed E-state index contributed by atoms with van der Waals surface area (Å²) in [4.78, 5) is 37.5. The molecule has 12 heteroatoms. The number of amides is 2. The second kappa shape index (κ2) is 13.6. The predicted molar refractivity (Wildman–Crippen MR) is 153 cm³/mol. The van der Waals surface area contributed by atoms with Gasteiger partial charge in [0.1, 0.15) is 5.75 Å². The van der Waals surface area contributed by atoms with Crippen LogP contribution in [0.3, 0.4) is 0 Å². The molecule has 0 saturated heterocycles. The Kier molecular flexibility index (Phi) is 11.3. The fraction of sp³-hybridized carbons (Fsp3) is 0.692. The van der Waals surface area contributed by atoms with Gasteiger partial charge in [-0.25, -0.2) is 9.59 Å². The molecule has 214 valence electrons. The highest BCUT2D eigenvalue weighted by Crippen LogP contribution is 2.38. The van der Waals surface area contributed by atoms with Gasteiger partial charge in [-0.05, 0) is 57.1 Å². The van der Waals surface area contributed by atoms with E-state index in [9.17, 15) is 19.7 Å². The molecule has 0 heterocycles. The molecule has 0 aromatic heterocycles. The molecule has 0 radical (unpaired) electrons. The zero-order chi connectivity index (χ0) is 28.6. The normalized spacial score (nSPS) is 16.3. The lowest BCUT2D eigenvalue weighted by atomic mass is 9.80. The van der Waals surface area contributed by atoms with Crippen LogP contribution >= 0.6 is 0 Å². The van der Waals surface area contributed by atoms with E-state index in [0.717, 1.165) is 38.1 Å². The quantitative estimate of drug-likeness (QED) is 0.176. The lowest BCUT2D eigenvalue weighted by Gasteiger charge is -2.45. The third-order valence-corrected chi connectivity index (χ3v) is 9.30. The van der Waals surface area contributed by atoms with Crippen molar-refractivity contribution in [1.29, 1.82) is 0 Å². The molecule has 0 bridgehead atoms. The minimum Gasteiger partial charge on any atom is -0.450 e. The highest BCUT2D eigenvalue weighted by molar-refractivity contribution is 6.76. The van der Waals surface area contributed by atoms with Crippen LogP contribution < -0.4 is 10.1 Å². The first-order valence-corrected chi connectivity index (χ1v) is 20.5. The number of nitrogens with one attached hydrogen (secondary N) is 1. The number of nitrogens with zero attached hydrogens (tertiary/aromatic N) is 2. The van der Waals surface area contributed by atoms with Gasteiger partial charge in [0, 0.05) is 33.8 Å². The van der Waals surface area contributed by atoms with Crippen LogP contribution in [0, 0.1) is 10.1 Å². The van der Waals surface area contributed by atoms with Crippen molar-refractivity contribution in [1.82, 2.24) is 10.2 Å². The number of benzene rings is 1. The topological polar surface area (TPSA) is 120 Å². The Morgan fingerprint density at radius 3 is 2.21 bits per heavy atom. The molecular weight excluding hydrogens is 522 g/mol. The smallest absolute Gasteiger partial charge is 0.412 e. The first-order valence-electron chi connectivity index (χ1n) is 13.4. The van der Waals surface area contributed by atoms with Crippen LogP contribution in [-0.4, -0.2) is 70.2 Å². The molecule has 1 saturated carbocycles. The van der Waals surface area contributed by atoms with Gasteiger partial charge in [0.2, 0.25) is 0 Å². The molecule has 1 aliphatic rings. The first kappa shape index (κ1) is 31.8. The van der Waals surface area contributed by atoms with Crippen molar-refractivity contribution in [3.8, 4) is 5.75 Å². The number of carbonyl (C=O) groups excluding carboxylic acids is 2. The van der Waals surface area contributed by atoms with Crippen molar-refractivity contribution in [3.63, 3.8) is 0 Å². The van der Waals surface area contributed by atoms with Crippen molar-refractivity contribution >= 4 is 34.3 Å². The van der Waals surface area contributed by atoms with E-state index < -0.39 is 33.5 Å². The molecule has 1 unspecified atom stereocenters. The number of nitro groups is 1. The first-order chi connectivity index (χ1) is 17.6. The Balaban J connectivity index is 2.14. The summed E-state index contributed by atoms with van der Waals surface area (Å²) in [6.07, 6.45) is 4.59. The standard InChI is InChI=1S/C26H45N3O7Si2/c1-28(25(31)34-17-18-37(2,3)4)22(19-26(36-38(5,6)7)15-9-8-10-16-26)20-27-24(30)35-23-13-11-21(12-14-23)29(32)33/h11-14,22H,8-10,15-20H2,1-7H3,(H,27,30). The Labute approximate surface area is 228 Å². The van der Waals surface area contributed by atoms with Crippen molar-refractivity contribution in [2.45, 2.75) is 95.5 Å². The predicted octanol–water partition coefficient (Wildman–Crippen LogP) is 6.40. The fourth-order valence-electron chi connectivity index (χ4n) is 4.64. The minimum absolute atomic E-state index is 0.0905. The van der Waals surface area contributed by atoms with Gasteiger partial charge in [0.15, 0.2) is 8.32 Å². The van der Waals surface area contributed by atoms with Gasteiger partial charge in [-0.3, -0.25) is 10.1 Å². The maximum Gasteiger partial charge on any atom is 0.412 e. The second-order valence-electron chi connectivity index (χ2n) is 12.4. The largest absolute Gasteiger partial charge is 0.450 e. The van der Waals surface area contributed by atoms with Gasteiger partial charge in [-0.2, -0.15) is 0 Å². The molecule has 2 rings (SSSR count). The molecule has 1 N–H and O–H groups in total. The summed E-state index contributed by atoms with van der Waals surface area (Å²) in [5, 5.41) is 13.6. The van der Waals surface area contributed by atoms with Crippen LogP contribution in [0.5, 0.6) is 5.75 Å². The van der Waals surface area contributed by atoms with Crippen molar-refractivity contribution in [3.05, 3.63) is 34.4 Å².